The van der Waals surface area contributed by atoms with Crippen molar-refractivity contribution in [3.8, 4) is 23.3 Å². The summed E-state index contributed by atoms with van der Waals surface area (Å²) in [4.78, 5) is 8.78. The van der Waals surface area contributed by atoms with Gasteiger partial charge < -0.3 is 10.1 Å². The smallest absolute Gasteiger partial charge is 0.211 e. The predicted molar refractivity (Wildman–Crippen MR) is 147 cm³/mol. The number of aromatic nitrogens is 2. The number of nitrogens with one attached hydrogen (secondary N) is 1. The lowest BCUT2D eigenvalue weighted by molar-refractivity contribution is 0.436. The van der Waals surface area contributed by atoms with Crippen LogP contribution in [0.2, 0.25) is 5.02 Å². The molecule has 0 fully saturated rings. The van der Waals surface area contributed by atoms with Gasteiger partial charge in [-0.2, -0.15) is 4.31 Å². The molecule has 2 heterocycles. The highest BCUT2D eigenvalue weighted by molar-refractivity contribution is 7.88. The van der Waals surface area contributed by atoms with E-state index >= 15 is 0 Å². The van der Waals surface area contributed by atoms with Crippen LogP contribution in [-0.4, -0.2) is 42.0 Å². The Hall–Kier alpha value is -3.90. The SMILES string of the molecule is CS(=O)(=O)N1CCC=C(C#Cc2ccc3ncnc(Nc4ccc(Oc5ccccc5)c(Cl)c4)c3c2)C1. The highest BCUT2D eigenvalue weighted by atomic mass is 35.5. The van der Waals surface area contributed by atoms with Gasteiger partial charge in [0, 0.05) is 35.3 Å². The van der Waals surface area contributed by atoms with Gasteiger partial charge in [0.25, 0.3) is 0 Å². The summed E-state index contributed by atoms with van der Waals surface area (Å²) in [6.07, 6.45) is 5.35. The number of anilines is 2. The second-order valence-corrected chi connectivity index (χ2v) is 10.9. The minimum absolute atomic E-state index is 0.292. The summed E-state index contributed by atoms with van der Waals surface area (Å²) in [7, 11) is -3.25. The first-order valence-corrected chi connectivity index (χ1v) is 13.8. The van der Waals surface area contributed by atoms with Crippen LogP contribution in [0.1, 0.15) is 12.0 Å². The molecule has 7 nitrogen and oxygen atoms in total. The van der Waals surface area contributed by atoms with Gasteiger partial charge in [0.15, 0.2) is 0 Å². The molecule has 1 aromatic heterocycles. The second-order valence-electron chi connectivity index (χ2n) is 8.50. The topological polar surface area (TPSA) is 84.4 Å². The molecule has 9 heteroatoms. The van der Waals surface area contributed by atoms with Gasteiger partial charge in [-0.3, -0.25) is 0 Å². The number of hydrogen-bond donors (Lipinski definition) is 1. The van der Waals surface area contributed by atoms with Gasteiger partial charge in [-0.1, -0.05) is 47.7 Å². The van der Waals surface area contributed by atoms with Crippen molar-refractivity contribution in [1.29, 1.82) is 0 Å². The monoisotopic (exact) mass is 530 g/mol. The molecule has 1 aliphatic heterocycles. The molecule has 0 amide bonds. The minimum Gasteiger partial charge on any atom is -0.456 e. The summed E-state index contributed by atoms with van der Waals surface area (Å²) >= 11 is 6.48. The predicted octanol–water partition coefficient (Wildman–Crippen LogP) is 5.76. The van der Waals surface area contributed by atoms with Crippen LogP contribution in [0.3, 0.4) is 0 Å². The molecule has 1 N–H and O–H groups in total. The number of rotatable bonds is 5. The Bertz CT molecular complexity index is 1660. The van der Waals surface area contributed by atoms with Gasteiger partial charge in [-0.05, 0) is 55.0 Å². The Morgan fingerprint density at radius 3 is 2.65 bits per heavy atom. The maximum atomic E-state index is 11.9. The fraction of sp³-hybridized carbons (Fsp3) is 0.143. The largest absolute Gasteiger partial charge is 0.456 e. The fourth-order valence-corrected chi connectivity index (χ4v) is 4.92. The van der Waals surface area contributed by atoms with E-state index < -0.39 is 10.0 Å². The van der Waals surface area contributed by atoms with E-state index in [1.165, 1.54) is 16.9 Å². The molecule has 3 aromatic carbocycles. The van der Waals surface area contributed by atoms with Crippen molar-refractivity contribution in [3.63, 3.8) is 0 Å². The van der Waals surface area contributed by atoms with Crippen LogP contribution in [0, 0.1) is 11.8 Å². The average molecular weight is 531 g/mol. The number of nitrogens with zero attached hydrogens (tertiary/aromatic N) is 3. The third-order valence-corrected chi connectivity index (χ3v) is 7.30. The van der Waals surface area contributed by atoms with Gasteiger partial charge in [-0.15, -0.1) is 0 Å². The number of benzene rings is 3. The number of para-hydroxylation sites is 1. The molecule has 0 saturated heterocycles. The molecule has 0 saturated carbocycles. The lowest BCUT2D eigenvalue weighted by Crippen LogP contribution is -2.34. The van der Waals surface area contributed by atoms with E-state index in [4.69, 9.17) is 16.3 Å². The van der Waals surface area contributed by atoms with Gasteiger partial charge in [0.05, 0.1) is 16.8 Å². The maximum absolute atomic E-state index is 11.9. The van der Waals surface area contributed by atoms with E-state index in [0.29, 0.717) is 41.8 Å². The van der Waals surface area contributed by atoms with Gasteiger partial charge in [0.2, 0.25) is 10.0 Å². The summed E-state index contributed by atoms with van der Waals surface area (Å²) < 4.78 is 31.1. The van der Waals surface area contributed by atoms with Crippen LogP contribution in [-0.2, 0) is 10.0 Å². The third-order valence-electron chi connectivity index (χ3n) is 5.75. The zero-order valence-electron chi connectivity index (χ0n) is 20.0. The van der Waals surface area contributed by atoms with E-state index in [9.17, 15) is 8.42 Å². The zero-order valence-corrected chi connectivity index (χ0v) is 21.6. The lowest BCUT2D eigenvalue weighted by atomic mass is 10.1. The average Bonchev–Trinajstić information content (AvgIpc) is 2.89. The van der Waals surface area contributed by atoms with Crippen molar-refractivity contribution >= 4 is 44.0 Å². The number of ether oxygens (including phenoxy) is 1. The third kappa shape index (κ3) is 6.09. The molecule has 1 aliphatic rings. The molecule has 0 unspecified atom stereocenters. The molecule has 0 aliphatic carbocycles. The summed E-state index contributed by atoms with van der Waals surface area (Å²) in [6, 6.07) is 20.6. The molecule has 186 valence electrons. The van der Waals surface area contributed by atoms with Crippen molar-refractivity contribution in [3.05, 3.63) is 95.3 Å². The first-order valence-electron chi connectivity index (χ1n) is 11.6. The standard InChI is InChI=1S/C28H23ClN4O3S/c1-37(34,35)33-15-5-6-21(18-33)10-9-20-11-13-26-24(16-20)28(31-19-30-26)32-22-12-14-27(25(29)17-22)36-23-7-3-2-4-8-23/h2-4,6-8,11-14,16-17,19H,5,15,18H2,1H3,(H,30,31,32). The number of halogens is 1. The van der Waals surface area contributed by atoms with Gasteiger partial charge in [-0.25, -0.2) is 18.4 Å². The van der Waals surface area contributed by atoms with E-state index in [1.54, 1.807) is 12.1 Å². The van der Waals surface area contributed by atoms with E-state index in [2.05, 4.69) is 27.1 Å². The molecule has 0 atom stereocenters. The van der Waals surface area contributed by atoms with E-state index in [0.717, 1.165) is 27.7 Å². The highest BCUT2D eigenvalue weighted by Crippen LogP contribution is 2.33. The van der Waals surface area contributed by atoms with Crippen LogP contribution < -0.4 is 10.1 Å². The van der Waals surface area contributed by atoms with Crippen LogP contribution >= 0.6 is 11.6 Å². The molecule has 0 bridgehead atoms. The molecule has 4 aromatic rings. The Labute approximate surface area is 220 Å². The normalized spacial score (nSPS) is 13.9. The zero-order chi connectivity index (χ0) is 25.8. The number of fused-ring (bicyclic) bond motifs is 1. The number of hydrogen-bond acceptors (Lipinski definition) is 6. The first kappa shape index (κ1) is 24.8. The molecule has 5 rings (SSSR count). The van der Waals surface area contributed by atoms with Crippen molar-refractivity contribution in [2.75, 3.05) is 24.7 Å². The highest BCUT2D eigenvalue weighted by Gasteiger charge is 2.19. The van der Waals surface area contributed by atoms with Crippen molar-refractivity contribution < 1.29 is 13.2 Å². The Kier molecular flexibility index (Phi) is 7.10. The van der Waals surface area contributed by atoms with Crippen LogP contribution in [0.4, 0.5) is 11.5 Å². The van der Waals surface area contributed by atoms with Gasteiger partial charge in [0.1, 0.15) is 23.6 Å². The van der Waals surface area contributed by atoms with E-state index in [1.807, 2.05) is 60.7 Å². The molecule has 0 spiro atoms. The van der Waals surface area contributed by atoms with E-state index in [-0.39, 0.29) is 0 Å². The second kappa shape index (κ2) is 10.6. The first-order chi connectivity index (χ1) is 17.8. The van der Waals surface area contributed by atoms with Crippen LogP contribution in [0.5, 0.6) is 11.5 Å². The molecular formula is C28H23ClN4O3S. The number of sulfonamides is 1. The van der Waals surface area contributed by atoms with Crippen LogP contribution in [0.15, 0.2) is 84.7 Å². The summed E-state index contributed by atoms with van der Waals surface area (Å²) in [6.45, 7) is 0.774. The Balaban J connectivity index is 1.37. The van der Waals surface area contributed by atoms with Crippen molar-refractivity contribution in [2.45, 2.75) is 6.42 Å². The molecular weight excluding hydrogens is 508 g/mol. The fourth-order valence-electron chi connectivity index (χ4n) is 3.89. The minimum atomic E-state index is -3.25. The molecule has 0 radical (unpaired) electrons. The van der Waals surface area contributed by atoms with Crippen LogP contribution in [0.25, 0.3) is 10.9 Å². The Morgan fingerprint density at radius 1 is 1.03 bits per heavy atom. The van der Waals surface area contributed by atoms with Gasteiger partial charge >= 0.3 is 0 Å². The summed E-state index contributed by atoms with van der Waals surface area (Å²) in [5.74, 6) is 8.13. The molecule has 37 heavy (non-hydrogen) atoms. The summed E-state index contributed by atoms with van der Waals surface area (Å²) in [5, 5.41) is 4.57. The van der Waals surface area contributed by atoms with Crippen molar-refractivity contribution in [1.82, 2.24) is 14.3 Å². The quantitative estimate of drug-likeness (QED) is 0.330. The lowest BCUT2D eigenvalue weighted by Gasteiger charge is -2.22. The van der Waals surface area contributed by atoms with Crippen molar-refractivity contribution in [2.24, 2.45) is 0 Å². The Morgan fingerprint density at radius 2 is 1.86 bits per heavy atom. The maximum Gasteiger partial charge on any atom is 0.211 e. The summed E-state index contributed by atoms with van der Waals surface area (Å²) in [5.41, 5.74) is 3.06.